The van der Waals surface area contributed by atoms with Gasteiger partial charge < -0.3 is 0 Å². The molecule has 0 bridgehead atoms. The van der Waals surface area contributed by atoms with Gasteiger partial charge in [0.05, 0.1) is 16.2 Å². The SMILES string of the molecule is Cc1ccc(S(=O)(=O)Nn2c(-c3ccccc3)c(C#N)c(-c3ccccc3)c(C#N)c2=O)cc1. The van der Waals surface area contributed by atoms with Crippen LogP contribution >= 0.6 is 0 Å². The molecule has 8 heteroatoms. The maximum Gasteiger partial charge on any atom is 0.288 e. The van der Waals surface area contributed by atoms with Crippen LogP contribution < -0.4 is 10.4 Å². The molecule has 0 aliphatic carbocycles. The molecule has 4 aromatic rings. The van der Waals surface area contributed by atoms with E-state index in [2.05, 4.69) is 10.9 Å². The maximum absolute atomic E-state index is 13.5. The summed E-state index contributed by atoms with van der Waals surface area (Å²) in [5.41, 5.74) is 0.778. The summed E-state index contributed by atoms with van der Waals surface area (Å²) >= 11 is 0. The molecule has 0 radical (unpaired) electrons. The number of aryl methyl sites for hydroxylation is 1. The fraction of sp³-hybridized carbons (Fsp3) is 0.0385. The molecule has 0 aliphatic rings. The van der Waals surface area contributed by atoms with Gasteiger partial charge in [-0.15, -0.1) is 0 Å². The fourth-order valence-electron chi connectivity index (χ4n) is 3.63. The highest BCUT2D eigenvalue weighted by Crippen LogP contribution is 2.33. The number of hydrogen-bond donors (Lipinski definition) is 1. The third-order valence-corrected chi connectivity index (χ3v) is 6.57. The van der Waals surface area contributed by atoms with Crippen LogP contribution in [0.3, 0.4) is 0 Å². The van der Waals surface area contributed by atoms with Gasteiger partial charge in [-0.1, -0.05) is 78.4 Å². The predicted octanol–water partition coefficient (Wildman–Crippen LogP) is 4.17. The lowest BCUT2D eigenvalue weighted by molar-refractivity contribution is 0.594. The normalized spacial score (nSPS) is 10.8. The van der Waals surface area contributed by atoms with Gasteiger partial charge in [-0.2, -0.15) is 18.9 Å². The maximum atomic E-state index is 13.5. The Balaban J connectivity index is 2.08. The van der Waals surface area contributed by atoms with E-state index >= 15 is 0 Å². The molecular formula is C26H18N4O3S. The van der Waals surface area contributed by atoms with Gasteiger partial charge in [0.25, 0.3) is 15.6 Å². The van der Waals surface area contributed by atoms with E-state index in [4.69, 9.17) is 0 Å². The Kier molecular flexibility index (Phi) is 6.01. The topological polar surface area (TPSA) is 116 Å². The molecule has 0 saturated heterocycles. The zero-order chi connectivity index (χ0) is 24.3. The lowest BCUT2D eigenvalue weighted by atomic mass is 9.93. The number of aromatic nitrogens is 1. The smallest absolute Gasteiger partial charge is 0.266 e. The van der Waals surface area contributed by atoms with Crippen LogP contribution in [0, 0.1) is 29.6 Å². The minimum absolute atomic E-state index is 0.000145. The van der Waals surface area contributed by atoms with Crippen LogP contribution in [0.15, 0.2) is 94.6 Å². The van der Waals surface area contributed by atoms with Crippen LogP contribution in [-0.4, -0.2) is 13.1 Å². The summed E-state index contributed by atoms with van der Waals surface area (Å²) in [5.74, 6) is 0. The molecule has 0 fully saturated rings. The molecule has 1 N–H and O–H groups in total. The van der Waals surface area contributed by atoms with Crippen LogP contribution in [-0.2, 0) is 10.0 Å². The van der Waals surface area contributed by atoms with Crippen LogP contribution in [0.5, 0.6) is 0 Å². The third-order valence-electron chi connectivity index (χ3n) is 5.25. The molecule has 3 aromatic carbocycles. The number of sulfonamides is 1. The molecule has 0 amide bonds. The van der Waals surface area contributed by atoms with Crippen LogP contribution in [0.2, 0.25) is 0 Å². The number of nitriles is 2. The molecule has 0 atom stereocenters. The molecule has 1 aromatic heterocycles. The van der Waals surface area contributed by atoms with Crippen molar-refractivity contribution in [1.82, 2.24) is 4.68 Å². The van der Waals surface area contributed by atoms with E-state index in [9.17, 15) is 23.7 Å². The molecule has 34 heavy (non-hydrogen) atoms. The number of benzene rings is 3. The van der Waals surface area contributed by atoms with Crippen molar-refractivity contribution in [2.75, 3.05) is 4.83 Å². The average molecular weight is 467 g/mol. The first-order valence-electron chi connectivity index (χ1n) is 10.2. The molecular weight excluding hydrogens is 448 g/mol. The lowest BCUT2D eigenvalue weighted by Gasteiger charge is -2.20. The van der Waals surface area contributed by atoms with Crippen molar-refractivity contribution in [1.29, 1.82) is 10.5 Å². The lowest BCUT2D eigenvalue weighted by Crippen LogP contribution is -2.36. The Labute approximate surface area is 196 Å². The summed E-state index contributed by atoms with van der Waals surface area (Å²) in [6, 6.07) is 27.2. The minimum Gasteiger partial charge on any atom is -0.266 e. The molecule has 166 valence electrons. The van der Waals surface area contributed by atoms with Gasteiger partial charge in [-0.25, -0.2) is 9.51 Å². The zero-order valence-electron chi connectivity index (χ0n) is 18.1. The zero-order valence-corrected chi connectivity index (χ0v) is 18.9. The van der Waals surface area contributed by atoms with Crippen molar-refractivity contribution in [3.8, 4) is 34.5 Å². The summed E-state index contributed by atoms with van der Waals surface area (Å²) in [7, 11) is -4.22. The standard InChI is InChI=1S/C26H18N4O3S/c1-18-12-14-21(15-13-18)34(32,33)29-30-25(20-10-6-3-7-11-20)22(16-27)24(23(17-28)26(30)31)19-8-4-2-5-9-19/h2-15,29H,1H3. The van der Waals surface area contributed by atoms with Crippen molar-refractivity contribution in [2.24, 2.45) is 0 Å². The van der Waals surface area contributed by atoms with Crippen molar-refractivity contribution in [3.63, 3.8) is 0 Å². The predicted molar refractivity (Wildman–Crippen MR) is 129 cm³/mol. The van der Waals surface area contributed by atoms with Gasteiger partial charge in [0.1, 0.15) is 17.7 Å². The highest BCUT2D eigenvalue weighted by Gasteiger charge is 2.26. The monoisotopic (exact) mass is 466 g/mol. The van der Waals surface area contributed by atoms with E-state index in [1.54, 1.807) is 72.8 Å². The van der Waals surface area contributed by atoms with Crippen molar-refractivity contribution in [2.45, 2.75) is 11.8 Å². The number of hydrogen-bond acceptors (Lipinski definition) is 5. The van der Waals surface area contributed by atoms with Crippen molar-refractivity contribution < 1.29 is 8.42 Å². The van der Waals surface area contributed by atoms with Crippen LogP contribution in [0.1, 0.15) is 16.7 Å². The third kappa shape index (κ3) is 4.06. The number of nitrogens with zero attached hydrogens (tertiary/aromatic N) is 3. The molecule has 0 spiro atoms. The Morgan fingerprint density at radius 3 is 1.82 bits per heavy atom. The second-order valence-electron chi connectivity index (χ2n) is 7.48. The summed E-state index contributed by atoms with van der Waals surface area (Å²) in [6.07, 6.45) is 0. The molecule has 0 unspecified atom stereocenters. The summed E-state index contributed by atoms with van der Waals surface area (Å²) < 4.78 is 27.1. The number of nitrogens with one attached hydrogen (secondary N) is 1. The summed E-state index contributed by atoms with van der Waals surface area (Å²) in [5, 5.41) is 20.0. The quantitative estimate of drug-likeness (QED) is 0.474. The van der Waals surface area contributed by atoms with Gasteiger partial charge in [0.15, 0.2) is 0 Å². The van der Waals surface area contributed by atoms with E-state index in [0.29, 0.717) is 11.1 Å². The van der Waals surface area contributed by atoms with E-state index in [0.717, 1.165) is 10.2 Å². The number of rotatable bonds is 5. The average Bonchev–Trinajstić information content (AvgIpc) is 2.86. The molecule has 4 rings (SSSR count). The molecule has 0 aliphatic heterocycles. The van der Waals surface area contributed by atoms with E-state index in [-0.39, 0.29) is 27.3 Å². The fourth-order valence-corrected chi connectivity index (χ4v) is 4.64. The Morgan fingerprint density at radius 2 is 1.29 bits per heavy atom. The van der Waals surface area contributed by atoms with Gasteiger partial charge in [-0.05, 0) is 24.6 Å². The second kappa shape index (κ2) is 9.07. The highest BCUT2D eigenvalue weighted by atomic mass is 32.2. The van der Waals surface area contributed by atoms with Gasteiger partial charge >= 0.3 is 0 Å². The van der Waals surface area contributed by atoms with Crippen LogP contribution in [0.25, 0.3) is 22.4 Å². The van der Waals surface area contributed by atoms with Gasteiger partial charge in [0, 0.05) is 11.1 Å². The van der Waals surface area contributed by atoms with E-state index in [1.807, 2.05) is 13.0 Å². The first kappa shape index (κ1) is 22.5. The van der Waals surface area contributed by atoms with Gasteiger partial charge in [-0.3, -0.25) is 4.79 Å². The van der Waals surface area contributed by atoms with Crippen molar-refractivity contribution in [3.05, 3.63) is 112 Å². The highest BCUT2D eigenvalue weighted by molar-refractivity contribution is 7.92. The first-order chi connectivity index (χ1) is 16.4. The Hall–Kier alpha value is -4.66. The molecule has 7 nitrogen and oxygen atoms in total. The largest absolute Gasteiger partial charge is 0.288 e. The molecule has 0 saturated carbocycles. The Bertz CT molecular complexity index is 1610. The van der Waals surface area contributed by atoms with Gasteiger partial charge in [0.2, 0.25) is 0 Å². The summed E-state index contributed by atoms with van der Waals surface area (Å²) in [6.45, 7) is 1.82. The minimum atomic E-state index is -4.22. The second-order valence-corrected chi connectivity index (χ2v) is 9.14. The first-order valence-corrected chi connectivity index (χ1v) is 11.7. The van der Waals surface area contributed by atoms with Crippen molar-refractivity contribution >= 4 is 10.0 Å². The number of pyridine rings is 1. The van der Waals surface area contributed by atoms with Crippen LogP contribution in [0.4, 0.5) is 0 Å². The summed E-state index contributed by atoms with van der Waals surface area (Å²) in [4.78, 5) is 15.8. The van der Waals surface area contributed by atoms with E-state index in [1.165, 1.54) is 12.1 Å². The molecule has 1 heterocycles. The van der Waals surface area contributed by atoms with E-state index < -0.39 is 15.6 Å². The Morgan fingerprint density at radius 1 is 0.765 bits per heavy atom.